The van der Waals surface area contributed by atoms with Crippen molar-refractivity contribution < 1.29 is 14.4 Å². The highest BCUT2D eigenvalue weighted by Gasteiger charge is 2.23. The molecule has 2 aromatic heterocycles. The SMILES string of the molecule is CCN(CC)C(=O)Cn1cc(C(=O)C(=O)NCc2ccc3[nH]c4c(c3c2)CCCC4)c2ccccc21. The molecule has 0 unspecified atom stereocenters. The van der Waals surface area contributed by atoms with Crippen molar-refractivity contribution in [3.63, 3.8) is 0 Å². The van der Waals surface area contributed by atoms with Gasteiger partial charge >= 0.3 is 0 Å². The summed E-state index contributed by atoms with van der Waals surface area (Å²) in [5, 5.41) is 4.69. The number of fused-ring (bicyclic) bond motifs is 4. The summed E-state index contributed by atoms with van der Waals surface area (Å²) >= 11 is 0. The van der Waals surface area contributed by atoms with Crippen molar-refractivity contribution in [2.45, 2.75) is 52.6 Å². The molecule has 1 aliphatic rings. The van der Waals surface area contributed by atoms with Crippen LogP contribution in [0.1, 0.15) is 53.9 Å². The lowest BCUT2D eigenvalue weighted by Gasteiger charge is -2.19. The van der Waals surface area contributed by atoms with Crippen LogP contribution in [0.4, 0.5) is 0 Å². The minimum Gasteiger partial charge on any atom is -0.358 e. The Labute approximate surface area is 210 Å². The van der Waals surface area contributed by atoms with E-state index in [4.69, 9.17) is 0 Å². The van der Waals surface area contributed by atoms with Gasteiger partial charge in [0, 0.05) is 53.3 Å². The van der Waals surface area contributed by atoms with Crippen molar-refractivity contribution in [1.82, 2.24) is 19.8 Å². The first-order chi connectivity index (χ1) is 17.5. The molecule has 7 nitrogen and oxygen atoms in total. The third-order valence-corrected chi connectivity index (χ3v) is 7.28. The van der Waals surface area contributed by atoms with Crippen LogP contribution in [0.5, 0.6) is 0 Å². The summed E-state index contributed by atoms with van der Waals surface area (Å²) in [5.41, 5.74) is 5.86. The van der Waals surface area contributed by atoms with E-state index in [9.17, 15) is 14.4 Å². The molecule has 0 saturated heterocycles. The minimum absolute atomic E-state index is 0.0217. The number of ketones is 1. The Balaban J connectivity index is 1.33. The predicted molar refractivity (Wildman–Crippen MR) is 141 cm³/mol. The van der Waals surface area contributed by atoms with Crippen molar-refractivity contribution in [2.24, 2.45) is 0 Å². The lowest BCUT2D eigenvalue weighted by atomic mass is 9.95. The van der Waals surface area contributed by atoms with Crippen LogP contribution < -0.4 is 5.32 Å². The van der Waals surface area contributed by atoms with Crippen LogP contribution in [0.15, 0.2) is 48.7 Å². The fourth-order valence-corrected chi connectivity index (χ4v) is 5.33. The number of likely N-dealkylation sites (N-methyl/N-ethyl adjacent to an activating group) is 1. The summed E-state index contributed by atoms with van der Waals surface area (Å²) in [6.45, 7) is 5.53. The average Bonchev–Trinajstić information content (AvgIpc) is 3.46. The van der Waals surface area contributed by atoms with E-state index in [0.29, 0.717) is 24.0 Å². The monoisotopic (exact) mass is 484 g/mol. The van der Waals surface area contributed by atoms with Crippen LogP contribution in [0, 0.1) is 0 Å². The number of nitrogens with zero attached hydrogens (tertiary/aromatic N) is 2. The molecule has 0 bridgehead atoms. The number of hydrogen-bond donors (Lipinski definition) is 2. The molecule has 4 aromatic rings. The van der Waals surface area contributed by atoms with E-state index in [1.807, 2.05) is 44.2 Å². The second-order valence-electron chi connectivity index (χ2n) is 9.43. The number of aromatic amines is 1. The highest BCUT2D eigenvalue weighted by atomic mass is 16.2. The van der Waals surface area contributed by atoms with Crippen LogP contribution in [0.25, 0.3) is 21.8 Å². The van der Waals surface area contributed by atoms with E-state index in [1.54, 1.807) is 15.7 Å². The zero-order valence-corrected chi connectivity index (χ0v) is 20.9. The second kappa shape index (κ2) is 10.0. The van der Waals surface area contributed by atoms with E-state index in [-0.39, 0.29) is 19.0 Å². The summed E-state index contributed by atoms with van der Waals surface area (Å²) in [4.78, 5) is 44.0. The molecule has 5 rings (SSSR count). The van der Waals surface area contributed by atoms with Gasteiger partial charge in [-0.05, 0) is 68.9 Å². The molecule has 186 valence electrons. The lowest BCUT2D eigenvalue weighted by molar-refractivity contribution is -0.131. The lowest BCUT2D eigenvalue weighted by Crippen LogP contribution is -2.33. The van der Waals surface area contributed by atoms with Crippen molar-refractivity contribution in [3.05, 3.63) is 71.0 Å². The molecular weight excluding hydrogens is 452 g/mol. The first-order valence-electron chi connectivity index (χ1n) is 12.8. The molecule has 0 atom stereocenters. The van der Waals surface area contributed by atoms with Gasteiger partial charge in [-0.25, -0.2) is 0 Å². The number of aryl methyl sites for hydroxylation is 2. The van der Waals surface area contributed by atoms with Crippen molar-refractivity contribution >= 4 is 39.4 Å². The van der Waals surface area contributed by atoms with Gasteiger partial charge in [0.1, 0.15) is 6.54 Å². The Hall–Kier alpha value is -3.87. The number of amides is 2. The standard InChI is InChI=1S/C29H32N4O3/c1-3-32(4-2)27(34)18-33-17-23(21-10-6-8-12-26(21)33)28(35)29(36)30-16-19-13-14-25-22(15-19)20-9-5-7-11-24(20)31-25/h6,8,10,12-15,17,31H,3-5,7,9,11,16,18H2,1-2H3,(H,30,36). The summed E-state index contributed by atoms with van der Waals surface area (Å²) in [7, 11) is 0. The predicted octanol–water partition coefficient (Wildman–Crippen LogP) is 4.37. The van der Waals surface area contributed by atoms with Crippen LogP contribution in [-0.2, 0) is 35.5 Å². The maximum absolute atomic E-state index is 13.2. The highest BCUT2D eigenvalue weighted by molar-refractivity contribution is 6.45. The molecule has 2 amide bonds. The van der Waals surface area contributed by atoms with Gasteiger partial charge in [-0.15, -0.1) is 0 Å². The maximum atomic E-state index is 13.2. The Morgan fingerprint density at radius 3 is 2.58 bits per heavy atom. The Morgan fingerprint density at radius 1 is 1.00 bits per heavy atom. The van der Waals surface area contributed by atoms with Gasteiger partial charge in [0.25, 0.3) is 11.7 Å². The summed E-state index contributed by atoms with van der Waals surface area (Å²) in [6, 6.07) is 13.5. The number of hydrogen-bond acceptors (Lipinski definition) is 3. The maximum Gasteiger partial charge on any atom is 0.292 e. The molecule has 0 aliphatic heterocycles. The number of carbonyl (C=O) groups excluding carboxylic acids is 3. The normalized spacial score (nSPS) is 13.1. The molecule has 1 aliphatic carbocycles. The fourth-order valence-electron chi connectivity index (χ4n) is 5.33. The number of benzene rings is 2. The average molecular weight is 485 g/mol. The van der Waals surface area contributed by atoms with Crippen LogP contribution in [0.3, 0.4) is 0 Å². The number of aromatic nitrogens is 2. The number of para-hydroxylation sites is 1. The molecule has 36 heavy (non-hydrogen) atoms. The Bertz CT molecular complexity index is 1460. The van der Waals surface area contributed by atoms with Crippen LogP contribution >= 0.6 is 0 Å². The second-order valence-corrected chi connectivity index (χ2v) is 9.43. The molecule has 2 N–H and O–H groups in total. The van der Waals surface area contributed by atoms with E-state index in [1.165, 1.54) is 29.5 Å². The molecule has 2 aromatic carbocycles. The highest BCUT2D eigenvalue weighted by Crippen LogP contribution is 2.29. The Kier molecular flexibility index (Phi) is 6.63. The quantitative estimate of drug-likeness (QED) is 0.288. The van der Waals surface area contributed by atoms with E-state index in [0.717, 1.165) is 29.4 Å². The van der Waals surface area contributed by atoms with Gasteiger partial charge in [-0.3, -0.25) is 14.4 Å². The van der Waals surface area contributed by atoms with Crippen molar-refractivity contribution in [3.8, 4) is 0 Å². The fraction of sp³-hybridized carbons (Fsp3) is 0.345. The number of carbonyl (C=O) groups is 3. The first kappa shape index (κ1) is 23.9. The number of nitrogens with one attached hydrogen (secondary N) is 2. The molecule has 0 fully saturated rings. The van der Waals surface area contributed by atoms with Gasteiger partial charge < -0.3 is 19.8 Å². The third kappa shape index (κ3) is 4.41. The van der Waals surface area contributed by atoms with Crippen LogP contribution in [-0.4, -0.2) is 45.1 Å². The van der Waals surface area contributed by atoms with Gasteiger partial charge in [0.15, 0.2) is 0 Å². The molecule has 0 spiro atoms. The smallest absolute Gasteiger partial charge is 0.292 e. The summed E-state index contributed by atoms with van der Waals surface area (Å²) in [6.07, 6.45) is 6.20. The van der Waals surface area contributed by atoms with Crippen LogP contribution in [0.2, 0.25) is 0 Å². The third-order valence-electron chi connectivity index (χ3n) is 7.28. The number of H-pyrrole nitrogens is 1. The zero-order valence-electron chi connectivity index (χ0n) is 20.9. The first-order valence-corrected chi connectivity index (χ1v) is 12.8. The van der Waals surface area contributed by atoms with E-state index >= 15 is 0 Å². The van der Waals surface area contributed by atoms with Gasteiger partial charge in [-0.1, -0.05) is 24.3 Å². The molecule has 0 radical (unpaired) electrons. The number of Topliss-reactive ketones (excluding diaryl/α,β-unsaturated/α-hetero) is 1. The molecule has 0 saturated carbocycles. The van der Waals surface area contributed by atoms with Gasteiger partial charge in [0.2, 0.25) is 5.91 Å². The summed E-state index contributed by atoms with van der Waals surface area (Å²) in [5.74, 6) is -1.27. The van der Waals surface area contributed by atoms with E-state index < -0.39 is 11.7 Å². The molecular formula is C29H32N4O3. The Morgan fingerprint density at radius 2 is 1.78 bits per heavy atom. The molecule has 7 heteroatoms. The number of rotatable bonds is 8. The van der Waals surface area contributed by atoms with Crippen molar-refractivity contribution in [2.75, 3.05) is 13.1 Å². The topological polar surface area (TPSA) is 87.2 Å². The minimum atomic E-state index is -0.649. The van der Waals surface area contributed by atoms with Crippen molar-refractivity contribution in [1.29, 1.82) is 0 Å². The summed E-state index contributed by atoms with van der Waals surface area (Å²) < 4.78 is 1.76. The van der Waals surface area contributed by atoms with E-state index in [2.05, 4.69) is 22.4 Å². The largest absolute Gasteiger partial charge is 0.358 e. The zero-order chi connectivity index (χ0) is 25.2. The van der Waals surface area contributed by atoms with Gasteiger partial charge in [0.05, 0.1) is 5.56 Å². The molecule has 2 heterocycles. The van der Waals surface area contributed by atoms with Gasteiger partial charge in [-0.2, -0.15) is 0 Å².